The first-order chi connectivity index (χ1) is 5.86. The van der Waals surface area contributed by atoms with Gasteiger partial charge in [0.15, 0.2) is 0 Å². The summed E-state index contributed by atoms with van der Waals surface area (Å²) in [5, 5.41) is 17.1. The zero-order valence-electron chi connectivity index (χ0n) is 7.89. The second-order valence-corrected chi connectivity index (χ2v) is 2.91. The van der Waals surface area contributed by atoms with Crippen molar-refractivity contribution in [3.63, 3.8) is 0 Å². The normalized spacial score (nSPS) is 11.9. The van der Waals surface area contributed by atoms with Crippen LogP contribution in [0.2, 0.25) is 0 Å². The predicted molar refractivity (Wildman–Crippen MR) is 45.9 cm³/mol. The van der Waals surface area contributed by atoms with Crippen molar-refractivity contribution in [3.05, 3.63) is 0 Å². The quantitative estimate of drug-likeness (QED) is 0.682. The lowest BCUT2D eigenvalue weighted by atomic mass is 10.3. The first kappa shape index (κ1) is 11.5. The molecule has 0 fully saturated rings. The van der Waals surface area contributed by atoms with Crippen LogP contribution in [-0.2, 0) is 0 Å². The van der Waals surface area contributed by atoms with Crippen LogP contribution < -0.4 is 0 Å². The van der Waals surface area contributed by atoms with Crippen LogP contribution >= 0.6 is 0 Å². The van der Waals surface area contributed by atoms with Crippen molar-refractivity contribution < 1.29 is 19.8 Å². The van der Waals surface area contributed by atoms with Crippen LogP contribution in [-0.4, -0.2) is 58.9 Å². The number of rotatable bonds is 3. The molecule has 0 aromatic rings. The Morgan fingerprint density at radius 3 is 2.00 bits per heavy atom. The summed E-state index contributed by atoms with van der Waals surface area (Å²) in [6, 6.07) is -0.349. The Labute approximate surface area is 76.4 Å². The molecular formula is C7H14N2O4. The van der Waals surface area contributed by atoms with Gasteiger partial charge in [-0.3, -0.25) is 0 Å². The van der Waals surface area contributed by atoms with Gasteiger partial charge in [-0.15, -0.1) is 0 Å². The van der Waals surface area contributed by atoms with Crippen molar-refractivity contribution in [2.45, 2.75) is 13.0 Å². The largest absolute Gasteiger partial charge is 0.465 e. The lowest BCUT2D eigenvalue weighted by Crippen LogP contribution is -2.42. The Kier molecular flexibility index (Phi) is 4.03. The van der Waals surface area contributed by atoms with E-state index >= 15 is 0 Å². The molecule has 0 aliphatic heterocycles. The van der Waals surface area contributed by atoms with Gasteiger partial charge in [-0.25, -0.2) is 9.59 Å². The smallest absolute Gasteiger partial charge is 0.407 e. The third-order valence-corrected chi connectivity index (χ3v) is 1.83. The van der Waals surface area contributed by atoms with E-state index in [2.05, 4.69) is 0 Å². The number of likely N-dealkylation sites (N-methyl/N-ethyl adjacent to an activating group) is 2. The second-order valence-electron chi connectivity index (χ2n) is 2.91. The number of hydrogen-bond acceptors (Lipinski definition) is 2. The molecule has 0 aliphatic rings. The van der Waals surface area contributed by atoms with Gasteiger partial charge >= 0.3 is 12.2 Å². The maximum absolute atomic E-state index is 10.5. The average molecular weight is 190 g/mol. The molecule has 0 aromatic carbocycles. The zero-order chi connectivity index (χ0) is 10.6. The SMILES string of the molecule is CC(CN(C)C(=O)O)N(C)C(=O)O. The van der Waals surface area contributed by atoms with Gasteiger partial charge in [0.1, 0.15) is 0 Å². The van der Waals surface area contributed by atoms with E-state index in [0.717, 1.165) is 9.80 Å². The first-order valence-electron chi connectivity index (χ1n) is 3.76. The van der Waals surface area contributed by atoms with E-state index in [0.29, 0.717) is 0 Å². The van der Waals surface area contributed by atoms with Gasteiger partial charge in [0.2, 0.25) is 0 Å². The summed E-state index contributed by atoms with van der Waals surface area (Å²) in [5.41, 5.74) is 0. The van der Waals surface area contributed by atoms with Crippen molar-refractivity contribution in [1.29, 1.82) is 0 Å². The van der Waals surface area contributed by atoms with Gasteiger partial charge in [0.25, 0.3) is 0 Å². The van der Waals surface area contributed by atoms with Gasteiger partial charge in [-0.1, -0.05) is 0 Å². The highest BCUT2D eigenvalue weighted by Gasteiger charge is 2.17. The summed E-state index contributed by atoms with van der Waals surface area (Å²) in [5.74, 6) is 0. The first-order valence-corrected chi connectivity index (χ1v) is 3.76. The fourth-order valence-electron chi connectivity index (χ4n) is 0.785. The standard InChI is InChI=1S/C7H14N2O4/c1-5(9(3)7(12)13)4-8(2)6(10)11/h5H,4H2,1-3H3,(H,10,11)(H,12,13). The fraction of sp³-hybridized carbons (Fsp3) is 0.714. The maximum atomic E-state index is 10.5. The highest BCUT2D eigenvalue weighted by Crippen LogP contribution is 1.98. The molecule has 6 nitrogen and oxygen atoms in total. The molecule has 2 N–H and O–H groups in total. The van der Waals surface area contributed by atoms with Crippen LogP contribution in [0, 0.1) is 0 Å². The Morgan fingerprint density at radius 2 is 1.69 bits per heavy atom. The minimum atomic E-state index is -1.06. The number of carboxylic acid groups (broad SMARTS) is 2. The van der Waals surface area contributed by atoms with E-state index in [-0.39, 0.29) is 12.6 Å². The van der Waals surface area contributed by atoms with E-state index in [4.69, 9.17) is 10.2 Å². The van der Waals surface area contributed by atoms with Gasteiger partial charge in [0, 0.05) is 26.7 Å². The maximum Gasteiger partial charge on any atom is 0.407 e. The topological polar surface area (TPSA) is 81.1 Å². The molecule has 6 heteroatoms. The van der Waals surface area contributed by atoms with Crippen molar-refractivity contribution in [2.75, 3.05) is 20.6 Å². The van der Waals surface area contributed by atoms with Crippen molar-refractivity contribution >= 4 is 12.2 Å². The van der Waals surface area contributed by atoms with Crippen LogP contribution in [0.1, 0.15) is 6.92 Å². The van der Waals surface area contributed by atoms with Gasteiger partial charge in [-0.05, 0) is 6.92 Å². The molecule has 0 heterocycles. The average Bonchev–Trinajstić information content (AvgIpc) is 2.02. The Balaban J connectivity index is 4.06. The summed E-state index contributed by atoms with van der Waals surface area (Å²) in [6.45, 7) is 1.81. The fourth-order valence-corrected chi connectivity index (χ4v) is 0.785. The van der Waals surface area contributed by atoms with Gasteiger partial charge in [0.05, 0.1) is 0 Å². The van der Waals surface area contributed by atoms with Crippen molar-refractivity contribution in [3.8, 4) is 0 Å². The van der Waals surface area contributed by atoms with Crippen molar-refractivity contribution in [1.82, 2.24) is 9.80 Å². The van der Waals surface area contributed by atoms with E-state index in [1.165, 1.54) is 14.1 Å². The molecule has 13 heavy (non-hydrogen) atoms. The molecule has 0 saturated heterocycles. The monoisotopic (exact) mass is 190 g/mol. The molecular weight excluding hydrogens is 176 g/mol. The minimum Gasteiger partial charge on any atom is -0.465 e. The predicted octanol–water partition coefficient (Wildman–Crippen LogP) is 0.595. The van der Waals surface area contributed by atoms with Crippen molar-refractivity contribution in [2.24, 2.45) is 0 Å². The summed E-state index contributed by atoms with van der Waals surface area (Å²) >= 11 is 0. The molecule has 76 valence electrons. The molecule has 0 radical (unpaired) electrons. The molecule has 0 aromatic heterocycles. The third-order valence-electron chi connectivity index (χ3n) is 1.83. The molecule has 1 atom stereocenters. The number of amides is 2. The van der Waals surface area contributed by atoms with Gasteiger partial charge < -0.3 is 20.0 Å². The highest BCUT2D eigenvalue weighted by molar-refractivity contribution is 5.66. The lowest BCUT2D eigenvalue weighted by molar-refractivity contribution is 0.120. The van der Waals surface area contributed by atoms with Crippen LogP contribution in [0.15, 0.2) is 0 Å². The Bertz CT molecular complexity index is 207. The zero-order valence-corrected chi connectivity index (χ0v) is 7.89. The second kappa shape index (κ2) is 4.54. The summed E-state index contributed by atoms with van der Waals surface area (Å²) in [6.07, 6.45) is -2.13. The van der Waals surface area contributed by atoms with Crippen LogP contribution in [0.5, 0.6) is 0 Å². The molecule has 0 saturated carbocycles. The lowest BCUT2D eigenvalue weighted by Gasteiger charge is -2.25. The molecule has 2 amide bonds. The highest BCUT2D eigenvalue weighted by atomic mass is 16.4. The molecule has 0 bridgehead atoms. The number of hydrogen-bond donors (Lipinski definition) is 2. The van der Waals surface area contributed by atoms with Crippen LogP contribution in [0.4, 0.5) is 9.59 Å². The van der Waals surface area contributed by atoms with E-state index in [9.17, 15) is 9.59 Å². The van der Waals surface area contributed by atoms with Crippen LogP contribution in [0.25, 0.3) is 0 Å². The molecule has 0 spiro atoms. The number of carbonyl (C=O) groups is 2. The van der Waals surface area contributed by atoms with E-state index in [1.54, 1.807) is 6.92 Å². The number of nitrogens with zero attached hydrogens (tertiary/aromatic N) is 2. The summed E-state index contributed by atoms with van der Waals surface area (Å²) in [7, 11) is 2.80. The Hall–Kier alpha value is -1.46. The molecule has 1 unspecified atom stereocenters. The van der Waals surface area contributed by atoms with E-state index < -0.39 is 12.2 Å². The summed E-state index contributed by atoms with van der Waals surface area (Å²) in [4.78, 5) is 23.0. The third kappa shape index (κ3) is 3.64. The molecule has 0 aliphatic carbocycles. The molecule has 0 rings (SSSR count). The minimum absolute atomic E-state index is 0.165. The Morgan fingerprint density at radius 1 is 1.23 bits per heavy atom. The van der Waals surface area contributed by atoms with Crippen LogP contribution in [0.3, 0.4) is 0 Å². The van der Waals surface area contributed by atoms with Gasteiger partial charge in [-0.2, -0.15) is 0 Å². The van der Waals surface area contributed by atoms with E-state index in [1.807, 2.05) is 0 Å². The summed E-state index contributed by atoms with van der Waals surface area (Å²) < 4.78 is 0.